The molecule has 2 aromatic carbocycles. The fourth-order valence-corrected chi connectivity index (χ4v) is 3.17. The maximum Gasteiger partial charge on any atom is 0.328 e. The van der Waals surface area contributed by atoms with Gasteiger partial charge in [-0.3, -0.25) is 9.36 Å². The summed E-state index contributed by atoms with van der Waals surface area (Å²) in [4.78, 5) is 31.6. The summed E-state index contributed by atoms with van der Waals surface area (Å²) in [7, 11) is 0. The quantitative estimate of drug-likeness (QED) is 0.581. The average molecular weight is 378 g/mol. The van der Waals surface area contributed by atoms with Crippen LogP contribution in [0.3, 0.4) is 0 Å². The van der Waals surface area contributed by atoms with Gasteiger partial charge in [0.1, 0.15) is 0 Å². The van der Waals surface area contributed by atoms with E-state index >= 15 is 0 Å². The number of rotatable bonds is 3. The Labute approximate surface area is 157 Å². The van der Waals surface area contributed by atoms with E-state index in [1.807, 2.05) is 6.07 Å². The molecule has 0 saturated carbocycles. The molecule has 0 saturated heterocycles. The monoisotopic (exact) mass is 378 g/mol. The minimum atomic E-state index is -0.455. The largest absolute Gasteiger partial charge is 0.454 e. The molecule has 0 bridgehead atoms. The summed E-state index contributed by atoms with van der Waals surface area (Å²) in [6.07, 6.45) is 0. The van der Waals surface area contributed by atoms with Gasteiger partial charge in [-0.05, 0) is 43.3 Å². The SMILES string of the molecule is CCn1c(=O)[nH]c2cc(-c3nc(-c4ccc5c(c4)OCO5)no3)ccc2c1=O. The van der Waals surface area contributed by atoms with E-state index < -0.39 is 5.69 Å². The lowest BCUT2D eigenvalue weighted by Gasteiger charge is -2.04. The molecule has 28 heavy (non-hydrogen) atoms. The fraction of sp³-hybridized carbons (Fsp3) is 0.158. The van der Waals surface area contributed by atoms with Gasteiger partial charge in [-0.25, -0.2) is 4.79 Å². The molecule has 0 fully saturated rings. The Hall–Kier alpha value is -3.88. The van der Waals surface area contributed by atoms with E-state index in [1.165, 1.54) is 0 Å². The second-order valence-corrected chi connectivity index (χ2v) is 6.23. The lowest BCUT2D eigenvalue weighted by atomic mass is 10.1. The van der Waals surface area contributed by atoms with Crippen LogP contribution in [0.15, 0.2) is 50.5 Å². The topological polar surface area (TPSA) is 112 Å². The van der Waals surface area contributed by atoms with Crippen molar-refractivity contribution in [2.45, 2.75) is 13.5 Å². The van der Waals surface area contributed by atoms with Crippen molar-refractivity contribution in [1.29, 1.82) is 0 Å². The number of H-pyrrole nitrogens is 1. The summed E-state index contributed by atoms with van der Waals surface area (Å²) in [6.45, 7) is 2.23. The first kappa shape index (κ1) is 16.3. The summed E-state index contributed by atoms with van der Waals surface area (Å²) in [5, 5.41) is 4.43. The number of fused-ring (bicyclic) bond motifs is 2. The highest BCUT2D eigenvalue weighted by Gasteiger charge is 2.17. The van der Waals surface area contributed by atoms with E-state index in [0.29, 0.717) is 40.3 Å². The number of hydrogen-bond donors (Lipinski definition) is 1. The Morgan fingerprint density at radius 3 is 2.75 bits per heavy atom. The molecule has 0 amide bonds. The zero-order valence-corrected chi connectivity index (χ0v) is 14.8. The molecule has 9 nitrogen and oxygen atoms in total. The number of aromatic nitrogens is 4. The van der Waals surface area contributed by atoms with Crippen LogP contribution < -0.4 is 20.7 Å². The highest BCUT2D eigenvalue weighted by atomic mass is 16.7. The van der Waals surface area contributed by atoms with Crippen molar-refractivity contribution in [1.82, 2.24) is 19.7 Å². The Morgan fingerprint density at radius 1 is 1.07 bits per heavy atom. The summed E-state index contributed by atoms with van der Waals surface area (Å²) < 4.78 is 17.2. The maximum atomic E-state index is 12.4. The standard InChI is InChI=1S/C19H14N4O5/c1-2-23-18(24)12-5-3-11(7-13(12)20-19(23)25)17-21-16(22-28-17)10-4-6-14-15(8-10)27-9-26-14/h3-8H,2,9H2,1H3,(H,20,25). The van der Waals surface area contributed by atoms with Crippen LogP contribution in [0.25, 0.3) is 33.7 Å². The van der Waals surface area contributed by atoms with Crippen molar-refractivity contribution in [3.8, 4) is 34.3 Å². The Morgan fingerprint density at radius 2 is 1.89 bits per heavy atom. The van der Waals surface area contributed by atoms with E-state index in [1.54, 1.807) is 37.3 Å². The highest BCUT2D eigenvalue weighted by molar-refractivity contribution is 5.82. The van der Waals surface area contributed by atoms with Gasteiger partial charge in [0.25, 0.3) is 11.4 Å². The smallest absolute Gasteiger partial charge is 0.328 e. The molecule has 4 aromatic rings. The van der Waals surface area contributed by atoms with Crippen molar-refractivity contribution >= 4 is 10.9 Å². The third-order valence-electron chi connectivity index (χ3n) is 4.60. The first-order valence-electron chi connectivity index (χ1n) is 8.65. The van der Waals surface area contributed by atoms with Crippen LogP contribution in [0, 0.1) is 0 Å². The summed E-state index contributed by atoms with van der Waals surface area (Å²) in [5.41, 5.74) is 0.943. The molecule has 0 radical (unpaired) electrons. The fourth-order valence-electron chi connectivity index (χ4n) is 3.17. The molecule has 0 atom stereocenters. The Bertz CT molecular complexity index is 1330. The van der Waals surface area contributed by atoms with Gasteiger partial charge in [0.15, 0.2) is 11.5 Å². The lowest BCUT2D eigenvalue weighted by molar-refractivity contribution is 0.174. The van der Waals surface area contributed by atoms with Gasteiger partial charge in [-0.15, -0.1) is 0 Å². The lowest BCUT2D eigenvalue weighted by Crippen LogP contribution is -2.34. The van der Waals surface area contributed by atoms with Crippen LogP contribution >= 0.6 is 0 Å². The van der Waals surface area contributed by atoms with E-state index in [4.69, 9.17) is 14.0 Å². The molecule has 2 aromatic heterocycles. The van der Waals surface area contributed by atoms with Crippen LogP contribution in [0.4, 0.5) is 0 Å². The average Bonchev–Trinajstić information content (AvgIpc) is 3.37. The molecule has 1 aliphatic rings. The van der Waals surface area contributed by atoms with Crippen molar-refractivity contribution in [2.75, 3.05) is 6.79 Å². The molecular weight excluding hydrogens is 364 g/mol. The molecule has 0 spiro atoms. The molecule has 3 heterocycles. The summed E-state index contributed by atoms with van der Waals surface area (Å²) in [6, 6.07) is 10.4. The van der Waals surface area contributed by atoms with Crippen molar-refractivity contribution in [2.24, 2.45) is 0 Å². The van der Waals surface area contributed by atoms with Gasteiger partial charge in [0.05, 0.1) is 10.9 Å². The normalized spacial score (nSPS) is 12.6. The Kier molecular flexibility index (Phi) is 3.54. The second kappa shape index (κ2) is 6.08. The van der Waals surface area contributed by atoms with E-state index in [-0.39, 0.29) is 18.2 Å². The summed E-state index contributed by atoms with van der Waals surface area (Å²) >= 11 is 0. The predicted molar refractivity (Wildman–Crippen MR) is 99.4 cm³/mol. The van der Waals surface area contributed by atoms with Crippen molar-refractivity contribution in [3.05, 3.63) is 57.2 Å². The number of aromatic amines is 1. The van der Waals surface area contributed by atoms with Gasteiger partial charge in [-0.2, -0.15) is 4.98 Å². The van der Waals surface area contributed by atoms with Crippen LogP contribution in [-0.4, -0.2) is 26.5 Å². The number of nitrogens with zero attached hydrogens (tertiary/aromatic N) is 3. The molecule has 1 aliphatic heterocycles. The third kappa shape index (κ3) is 2.48. The highest BCUT2D eigenvalue weighted by Crippen LogP contribution is 2.35. The number of hydrogen-bond acceptors (Lipinski definition) is 7. The zero-order valence-electron chi connectivity index (χ0n) is 14.8. The summed E-state index contributed by atoms with van der Waals surface area (Å²) in [5.74, 6) is 1.96. The molecule has 1 N–H and O–H groups in total. The van der Waals surface area contributed by atoms with Crippen LogP contribution in [-0.2, 0) is 6.54 Å². The molecule has 0 unspecified atom stereocenters. The van der Waals surface area contributed by atoms with Crippen LogP contribution in [0.2, 0.25) is 0 Å². The molecule has 5 rings (SSSR count). The van der Waals surface area contributed by atoms with Crippen molar-refractivity contribution in [3.63, 3.8) is 0 Å². The van der Waals surface area contributed by atoms with Crippen molar-refractivity contribution < 1.29 is 14.0 Å². The third-order valence-corrected chi connectivity index (χ3v) is 4.60. The van der Waals surface area contributed by atoms with Gasteiger partial charge < -0.3 is 19.0 Å². The van der Waals surface area contributed by atoms with Gasteiger partial charge >= 0.3 is 5.69 Å². The van der Waals surface area contributed by atoms with Gasteiger partial charge in [-0.1, -0.05) is 5.16 Å². The van der Waals surface area contributed by atoms with Gasteiger partial charge in [0, 0.05) is 17.7 Å². The Balaban J connectivity index is 1.56. The first-order valence-corrected chi connectivity index (χ1v) is 8.65. The number of nitrogens with one attached hydrogen (secondary N) is 1. The predicted octanol–water partition coefficient (Wildman–Crippen LogP) is 2.16. The molecule has 140 valence electrons. The van der Waals surface area contributed by atoms with Gasteiger partial charge in [0.2, 0.25) is 12.6 Å². The second-order valence-electron chi connectivity index (χ2n) is 6.23. The van der Waals surface area contributed by atoms with Crippen LogP contribution in [0.1, 0.15) is 6.92 Å². The molecular formula is C19H14N4O5. The minimum Gasteiger partial charge on any atom is -0.454 e. The minimum absolute atomic E-state index is 0.186. The maximum absolute atomic E-state index is 12.4. The zero-order chi connectivity index (χ0) is 19.3. The molecule has 9 heteroatoms. The first-order chi connectivity index (χ1) is 13.6. The van der Waals surface area contributed by atoms with E-state index in [2.05, 4.69) is 15.1 Å². The van der Waals surface area contributed by atoms with E-state index in [0.717, 1.165) is 10.1 Å². The number of ether oxygens (including phenoxy) is 2. The van der Waals surface area contributed by atoms with E-state index in [9.17, 15) is 9.59 Å². The number of benzene rings is 2. The molecule has 0 aliphatic carbocycles. The van der Waals surface area contributed by atoms with Crippen LogP contribution in [0.5, 0.6) is 11.5 Å².